The molecule has 2 aromatic rings. The van der Waals surface area contributed by atoms with Crippen LogP contribution >= 0.6 is 0 Å². The predicted octanol–water partition coefficient (Wildman–Crippen LogP) is 3.00. The lowest BCUT2D eigenvalue weighted by molar-refractivity contribution is -0.138. The number of nitrogens with two attached hydrogens (primary N) is 1. The smallest absolute Gasteiger partial charge is 0.320 e. The van der Waals surface area contributed by atoms with Gasteiger partial charge in [-0.25, -0.2) is 0 Å². The number of hydrogen-bond donors (Lipinski definition) is 2. The van der Waals surface area contributed by atoms with Gasteiger partial charge in [-0.1, -0.05) is 42.5 Å². The number of carboxylic acid groups (broad SMARTS) is 1. The second kappa shape index (κ2) is 8.20. The molecule has 0 bridgehead atoms. The minimum Gasteiger partial charge on any atom is -0.489 e. The van der Waals surface area contributed by atoms with Crippen molar-refractivity contribution in [2.24, 2.45) is 5.73 Å². The van der Waals surface area contributed by atoms with Gasteiger partial charge in [0.2, 0.25) is 0 Å². The summed E-state index contributed by atoms with van der Waals surface area (Å²) in [6.07, 6.45) is 2.07. The summed E-state index contributed by atoms with van der Waals surface area (Å²) >= 11 is 0. The van der Waals surface area contributed by atoms with Crippen LogP contribution in [-0.4, -0.2) is 17.1 Å². The Labute approximate surface area is 130 Å². The van der Waals surface area contributed by atoms with E-state index in [0.717, 1.165) is 29.7 Å². The fourth-order valence-electron chi connectivity index (χ4n) is 2.14. The van der Waals surface area contributed by atoms with Crippen molar-refractivity contribution in [1.82, 2.24) is 0 Å². The SMILES string of the molecule is N[C@@H](CCCc1ccc(OCc2ccccc2)cc1)C(=O)O. The van der Waals surface area contributed by atoms with Crippen LogP contribution in [0, 0.1) is 0 Å². The summed E-state index contributed by atoms with van der Waals surface area (Å²) in [5.41, 5.74) is 7.77. The molecule has 0 fully saturated rings. The molecule has 22 heavy (non-hydrogen) atoms. The number of carbonyl (C=O) groups is 1. The lowest BCUT2D eigenvalue weighted by Gasteiger charge is -2.08. The standard InChI is InChI=1S/C18H21NO3/c19-17(18(20)21)8-4-7-14-9-11-16(12-10-14)22-13-15-5-2-1-3-6-15/h1-3,5-6,9-12,17H,4,7-8,13,19H2,(H,20,21)/t17-/m0/s1. The summed E-state index contributed by atoms with van der Waals surface area (Å²) in [5, 5.41) is 8.73. The Morgan fingerprint density at radius 2 is 1.73 bits per heavy atom. The zero-order valence-corrected chi connectivity index (χ0v) is 12.4. The number of aryl methyl sites for hydroxylation is 1. The summed E-state index contributed by atoms with van der Waals surface area (Å²) in [5.74, 6) is -0.112. The molecular formula is C18H21NO3. The average Bonchev–Trinajstić information content (AvgIpc) is 2.55. The van der Waals surface area contributed by atoms with Gasteiger partial charge in [0.1, 0.15) is 18.4 Å². The second-order valence-corrected chi connectivity index (χ2v) is 5.26. The third-order valence-corrected chi connectivity index (χ3v) is 3.47. The van der Waals surface area contributed by atoms with Gasteiger partial charge in [0.25, 0.3) is 0 Å². The minimum absolute atomic E-state index is 0.488. The number of rotatable bonds is 8. The molecule has 0 saturated heterocycles. The Bertz CT molecular complexity index is 581. The first-order chi connectivity index (χ1) is 10.6. The van der Waals surface area contributed by atoms with E-state index >= 15 is 0 Å². The van der Waals surface area contributed by atoms with Gasteiger partial charge in [0.05, 0.1) is 0 Å². The molecule has 0 saturated carbocycles. The quantitative estimate of drug-likeness (QED) is 0.786. The van der Waals surface area contributed by atoms with E-state index in [0.29, 0.717) is 13.0 Å². The summed E-state index contributed by atoms with van der Waals surface area (Å²) in [6.45, 7) is 0.549. The van der Waals surface area contributed by atoms with Gasteiger partial charge in [-0.2, -0.15) is 0 Å². The first-order valence-corrected chi connectivity index (χ1v) is 7.39. The molecule has 0 unspecified atom stereocenters. The van der Waals surface area contributed by atoms with Crippen molar-refractivity contribution in [2.75, 3.05) is 0 Å². The molecule has 0 aliphatic heterocycles. The van der Waals surface area contributed by atoms with Crippen LogP contribution in [0.2, 0.25) is 0 Å². The molecule has 4 heteroatoms. The van der Waals surface area contributed by atoms with Crippen LogP contribution in [-0.2, 0) is 17.8 Å². The molecule has 3 N–H and O–H groups in total. The van der Waals surface area contributed by atoms with Gasteiger partial charge in [0, 0.05) is 0 Å². The van der Waals surface area contributed by atoms with E-state index < -0.39 is 12.0 Å². The molecule has 2 rings (SSSR count). The number of carboxylic acids is 1. The lowest BCUT2D eigenvalue weighted by atomic mass is 10.1. The van der Waals surface area contributed by atoms with E-state index in [1.165, 1.54) is 0 Å². The number of ether oxygens (including phenoxy) is 1. The van der Waals surface area contributed by atoms with Crippen LogP contribution in [0.5, 0.6) is 5.75 Å². The fourth-order valence-corrected chi connectivity index (χ4v) is 2.14. The van der Waals surface area contributed by atoms with Crippen LogP contribution in [0.3, 0.4) is 0 Å². The van der Waals surface area contributed by atoms with Gasteiger partial charge in [-0.05, 0) is 42.5 Å². The Morgan fingerprint density at radius 1 is 1.05 bits per heavy atom. The second-order valence-electron chi connectivity index (χ2n) is 5.26. The molecule has 0 aliphatic carbocycles. The van der Waals surface area contributed by atoms with Crippen LogP contribution in [0.1, 0.15) is 24.0 Å². The maximum Gasteiger partial charge on any atom is 0.320 e. The Balaban J connectivity index is 1.76. The molecule has 0 aliphatic rings. The van der Waals surface area contributed by atoms with E-state index in [2.05, 4.69) is 0 Å². The molecule has 0 radical (unpaired) electrons. The molecule has 0 amide bonds. The highest BCUT2D eigenvalue weighted by Gasteiger charge is 2.10. The van der Waals surface area contributed by atoms with Crippen molar-refractivity contribution in [3.63, 3.8) is 0 Å². The molecule has 0 heterocycles. The highest BCUT2D eigenvalue weighted by Crippen LogP contribution is 2.15. The maximum absolute atomic E-state index is 10.6. The molecule has 0 aromatic heterocycles. The van der Waals surface area contributed by atoms with Crippen molar-refractivity contribution in [3.8, 4) is 5.75 Å². The molecule has 0 spiro atoms. The maximum atomic E-state index is 10.6. The highest BCUT2D eigenvalue weighted by atomic mass is 16.5. The summed E-state index contributed by atoms with van der Waals surface area (Å²) in [7, 11) is 0. The third-order valence-electron chi connectivity index (χ3n) is 3.47. The highest BCUT2D eigenvalue weighted by molar-refractivity contribution is 5.72. The van der Waals surface area contributed by atoms with Gasteiger partial charge in [-0.3, -0.25) is 4.79 Å². The molecule has 2 aromatic carbocycles. The van der Waals surface area contributed by atoms with E-state index in [1.54, 1.807) is 0 Å². The number of aliphatic carboxylic acids is 1. The van der Waals surface area contributed by atoms with Crippen molar-refractivity contribution in [2.45, 2.75) is 31.9 Å². The Morgan fingerprint density at radius 3 is 2.36 bits per heavy atom. The Kier molecular flexibility index (Phi) is 5.98. The molecule has 116 valence electrons. The summed E-state index contributed by atoms with van der Waals surface area (Å²) < 4.78 is 5.72. The van der Waals surface area contributed by atoms with Crippen LogP contribution in [0.25, 0.3) is 0 Å². The first kappa shape index (κ1) is 16.0. The van der Waals surface area contributed by atoms with Gasteiger partial charge in [-0.15, -0.1) is 0 Å². The van der Waals surface area contributed by atoms with Crippen molar-refractivity contribution < 1.29 is 14.6 Å². The monoisotopic (exact) mass is 299 g/mol. The average molecular weight is 299 g/mol. The normalized spacial score (nSPS) is 11.9. The zero-order valence-electron chi connectivity index (χ0n) is 12.4. The third kappa shape index (κ3) is 5.22. The largest absolute Gasteiger partial charge is 0.489 e. The van der Waals surface area contributed by atoms with Gasteiger partial charge >= 0.3 is 5.97 Å². The van der Waals surface area contributed by atoms with Crippen LogP contribution in [0.4, 0.5) is 0 Å². The van der Waals surface area contributed by atoms with E-state index in [-0.39, 0.29) is 0 Å². The minimum atomic E-state index is -0.940. The summed E-state index contributed by atoms with van der Waals surface area (Å²) in [4.78, 5) is 10.6. The topological polar surface area (TPSA) is 72.5 Å². The van der Waals surface area contributed by atoms with Crippen LogP contribution < -0.4 is 10.5 Å². The fraction of sp³-hybridized carbons (Fsp3) is 0.278. The molecule has 1 atom stereocenters. The van der Waals surface area contributed by atoms with Crippen molar-refractivity contribution >= 4 is 5.97 Å². The van der Waals surface area contributed by atoms with Gasteiger partial charge in [0.15, 0.2) is 0 Å². The molecule has 4 nitrogen and oxygen atoms in total. The number of benzene rings is 2. The van der Waals surface area contributed by atoms with E-state index in [1.807, 2.05) is 54.6 Å². The first-order valence-electron chi connectivity index (χ1n) is 7.39. The van der Waals surface area contributed by atoms with Crippen molar-refractivity contribution in [1.29, 1.82) is 0 Å². The van der Waals surface area contributed by atoms with E-state index in [9.17, 15) is 4.79 Å². The lowest BCUT2D eigenvalue weighted by Crippen LogP contribution is -2.29. The van der Waals surface area contributed by atoms with Crippen LogP contribution in [0.15, 0.2) is 54.6 Å². The zero-order chi connectivity index (χ0) is 15.8. The van der Waals surface area contributed by atoms with E-state index in [4.69, 9.17) is 15.6 Å². The summed E-state index contributed by atoms with van der Waals surface area (Å²) in [6, 6.07) is 17.1. The van der Waals surface area contributed by atoms with Crippen molar-refractivity contribution in [3.05, 3.63) is 65.7 Å². The number of hydrogen-bond acceptors (Lipinski definition) is 3. The van der Waals surface area contributed by atoms with Gasteiger partial charge < -0.3 is 15.6 Å². The molecular weight excluding hydrogens is 278 g/mol. The Hall–Kier alpha value is -2.33. The predicted molar refractivity (Wildman–Crippen MR) is 85.8 cm³/mol.